The van der Waals surface area contributed by atoms with E-state index in [4.69, 9.17) is 9.47 Å². The second-order valence-corrected chi connectivity index (χ2v) is 9.36. The van der Waals surface area contributed by atoms with Crippen molar-refractivity contribution < 1.29 is 22.7 Å². The number of hydrogen-bond donors (Lipinski definition) is 1. The molecule has 0 saturated carbocycles. The molecule has 7 nitrogen and oxygen atoms in total. The smallest absolute Gasteiger partial charge is 0.265 e. The standard InChI is InChI=1S/C21H26N2O5S/c1-6-27-17-10-7-14(2)11-19(17)29(25,26)22-15-8-9-16-18(12-15)28-13-21(3,4)20(24)23(16)5/h7-12,22H,6,13H2,1-5H3. The van der Waals surface area contributed by atoms with Gasteiger partial charge in [0.05, 0.1) is 23.4 Å². The number of nitrogens with zero attached hydrogens (tertiary/aromatic N) is 1. The molecule has 29 heavy (non-hydrogen) atoms. The molecule has 0 spiro atoms. The Morgan fingerprint density at radius 2 is 1.93 bits per heavy atom. The molecule has 0 radical (unpaired) electrons. The second-order valence-electron chi connectivity index (χ2n) is 7.71. The quantitative estimate of drug-likeness (QED) is 0.802. The number of rotatable bonds is 5. The first kappa shape index (κ1) is 21.0. The van der Waals surface area contributed by atoms with E-state index in [-0.39, 0.29) is 17.4 Å². The first-order valence-electron chi connectivity index (χ1n) is 9.36. The lowest BCUT2D eigenvalue weighted by Crippen LogP contribution is -2.39. The highest BCUT2D eigenvalue weighted by atomic mass is 32.2. The summed E-state index contributed by atoms with van der Waals surface area (Å²) < 4.78 is 39.9. The van der Waals surface area contributed by atoms with Crippen LogP contribution in [0.4, 0.5) is 11.4 Å². The van der Waals surface area contributed by atoms with Crippen molar-refractivity contribution in [2.45, 2.75) is 32.6 Å². The summed E-state index contributed by atoms with van der Waals surface area (Å²) in [7, 11) is -2.20. The normalized spacial score (nSPS) is 15.9. The molecule has 156 valence electrons. The van der Waals surface area contributed by atoms with Gasteiger partial charge in [-0.2, -0.15) is 0 Å². The van der Waals surface area contributed by atoms with E-state index in [1.54, 1.807) is 50.4 Å². The number of aryl methyl sites for hydroxylation is 1. The minimum atomic E-state index is -3.88. The van der Waals surface area contributed by atoms with Crippen LogP contribution in [0.2, 0.25) is 0 Å². The number of fused-ring (bicyclic) bond motifs is 1. The number of ether oxygens (including phenoxy) is 2. The highest BCUT2D eigenvalue weighted by Crippen LogP contribution is 2.38. The zero-order valence-electron chi connectivity index (χ0n) is 17.3. The summed E-state index contributed by atoms with van der Waals surface area (Å²) in [6.45, 7) is 7.80. The van der Waals surface area contributed by atoms with Crippen molar-refractivity contribution >= 4 is 27.3 Å². The monoisotopic (exact) mass is 418 g/mol. The van der Waals surface area contributed by atoms with Gasteiger partial charge in [-0.3, -0.25) is 9.52 Å². The van der Waals surface area contributed by atoms with Crippen LogP contribution in [0, 0.1) is 12.3 Å². The number of hydrogen-bond acceptors (Lipinski definition) is 5. The molecule has 0 unspecified atom stereocenters. The van der Waals surface area contributed by atoms with Gasteiger partial charge in [-0.05, 0) is 57.5 Å². The van der Waals surface area contributed by atoms with E-state index in [9.17, 15) is 13.2 Å². The van der Waals surface area contributed by atoms with Crippen molar-refractivity contribution in [3.8, 4) is 11.5 Å². The molecule has 0 saturated heterocycles. The van der Waals surface area contributed by atoms with Crippen molar-refractivity contribution in [2.24, 2.45) is 5.41 Å². The van der Waals surface area contributed by atoms with Crippen LogP contribution in [0.1, 0.15) is 26.3 Å². The summed E-state index contributed by atoms with van der Waals surface area (Å²) in [4.78, 5) is 14.2. The zero-order chi connectivity index (χ0) is 21.4. The summed E-state index contributed by atoms with van der Waals surface area (Å²) in [5.74, 6) is 0.676. The van der Waals surface area contributed by atoms with E-state index in [1.807, 2.05) is 20.8 Å². The van der Waals surface area contributed by atoms with Crippen molar-refractivity contribution in [3.63, 3.8) is 0 Å². The van der Waals surface area contributed by atoms with E-state index < -0.39 is 15.4 Å². The first-order chi connectivity index (χ1) is 13.5. The number of amides is 1. The fourth-order valence-electron chi connectivity index (χ4n) is 3.16. The van der Waals surface area contributed by atoms with E-state index in [2.05, 4.69) is 4.72 Å². The number of benzene rings is 2. The Hall–Kier alpha value is -2.74. The van der Waals surface area contributed by atoms with Crippen LogP contribution < -0.4 is 19.1 Å². The number of sulfonamides is 1. The van der Waals surface area contributed by atoms with Crippen LogP contribution in [0.25, 0.3) is 0 Å². The fourth-order valence-corrected chi connectivity index (χ4v) is 4.44. The average molecular weight is 419 g/mol. The third kappa shape index (κ3) is 4.17. The maximum Gasteiger partial charge on any atom is 0.265 e. The molecule has 1 aliphatic heterocycles. The van der Waals surface area contributed by atoms with Crippen LogP contribution in [-0.4, -0.2) is 34.6 Å². The van der Waals surface area contributed by atoms with Gasteiger partial charge in [0.2, 0.25) is 5.91 Å². The topological polar surface area (TPSA) is 84.9 Å². The number of anilines is 2. The van der Waals surface area contributed by atoms with Gasteiger partial charge in [0.15, 0.2) is 0 Å². The van der Waals surface area contributed by atoms with Gasteiger partial charge in [-0.15, -0.1) is 0 Å². The Bertz CT molecular complexity index is 1050. The van der Waals surface area contributed by atoms with Gasteiger partial charge in [0, 0.05) is 13.1 Å². The Kier molecular flexibility index (Phi) is 5.49. The second kappa shape index (κ2) is 7.59. The molecule has 1 amide bonds. The summed E-state index contributed by atoms with van der Waals surface area (Å²) in [6.07, 6.45) is 0. The molecular formula is C21H26N2O5S. The molecule has 0 fully saturated rings. The third-order valence-corrected chi connectivity index (χ3v) is 6.14. The van der Waals surface area contributed by atoms with E-state index >= 15 is 0 Å². The molecule has 8 heteroatoms. The predicted octanol–water partition coefficient (Wildman–Crippen LogP) is 3.58. The lowest BCUT2D eigenvalue weighted by molar-refractivity contribution is -0.127. The van der Waals surface area contributed by atoms with Crippen LogP contribution in [-0.2, 0) is 14.8 Å². The maximum absolute atomic E-state index is 13.0. The molecule has 1 N–H and O–H groups in total. The Labute approximate surface area is 171 Å². The van der Waals surface area contributed by atoms with Gasteiger partial charge in [-0.25, -0.2) is 8.42 Å². The third-order valence-electron chi connectivity index (χ3n) is 4.73. The lowest BCUT2D eigenvalue weighted by atomic mass is 9.93. The summed E-state index contributed by atoms with van der Waals surface area (Å²) in [6, 6.07) is 9.89. The molecule has 0 aliphatic carbocycles. The van der Waals surface area contributed by atoms with Crippen LogP contribution in [0.15, 0.2) is 41.3 Å². The highest BCUT2D eigenvalue weighted by Gasteiger charge is 2.36. The Balaban J connectivity index is 1.96. The molecule has 1 heterocycles. The summed E-state index contributed by atoms with van der Waals surface area (Å²) >= 11 is 0. The minimum Gasteiger partial charge on any atom is -0.492 e. The molecule has 2 aromatic rings. The van der Waals surface area contributed by atoms with E-state index in [0.29, 0.717) is 29.5 Å². The maximum atomic E-state index is 13.0. The molecular weight excluding hydrogens is 392 g/mol. The van der Waals surface area contributed by atoms with Crippen molar-refractivity contribution in [2.75, 3.05) is 29.9 Å². The Morgan fingerprint density at radius 1 is 1.21 bits per heavy atom. The van der Waals surface area contributed by atoms with Crippen molar-refractivity contribution in [1.82, 2.24) is 0 Å². The summed E-state index contributed by atoms with van der Waals surface area (Å²) in [5.41, 5.74) is 1.06. The van der Waals surface area contributed by atoms with E-state index in [1.165, 1.54) is 4.90 Å². The van der Waals surface area contributed by atoms with Crippen LogP contribution in [0.5, 0.6) is 11.5 Å². The van der Waals surface area contributed by atoms with E-state index in [0.717, 1.165) is 5.56 Å². The minimum absolute atomic E-state index is 0.0642. The molecule has 3 rings (SSSR count). The summed E-state index contributed by atoms with van der Waals surface area (Å²) in [5, 5.41) is 0. The molecule has 1 aliphatic rings. The predicted molar refractivity (Wildman–Crippen MR) is 112 cm³/mol. The highest BCUT2D eigenvalue weighted by molar-refractivity contribution is 7.92. The van der Waals surface area contributed by atoms with Gasteiger partial charge in [-0.1, -0.05) is 6.07 Å². The van der Waals surface area contributed by atoms with Gasteiger partial charge in [0.25, 0.3) is 10.0 Å². The zero-order valence-corrected chi connectivity index (χ0v) is 18.1. The molecule has 2 aromatic carbocycles. The number of carbonyl (C=O) groups is 1. The SMILES string of the molecule is CCOc1ccc(C)cc1S(=O)(=O)Nc1ccc2c(c1)OCC(C)(C)C(=O)N2C. The largest absolute Gasteiger partial charge is 0.492 e. The van der Waals surface area contributed by atoms with Crippen LogP contribution in [0.3, 0.4) is 0 Å². The molecule has 0 atom stereocenters. The van der Waals surface area contributed by atoms with Crippen molar-refractivity contribution in [3.05, 3.63) is 42.0 Å². The number of nitrogens with one attached hydrogen (secondary N) is 1. The fraction of sp³-hybridized carbons (Fsp3) is 0.381. The van der Waals surface area contributed by atoms with Crippen molar-refractivity contribution in [1.29, 1.82) is 0 Å². The average Bonchev–Trinajstić information content (AvgIpc) is 2.74. The van der Waals surface area contributed by atoms with Gasteiger partial charge in [0.1, 0.15) is 23.0 Å². The van der Waals surface area contributed by atoms with Gasteiger partial charge < -0.3 is 14.4 Å². The van der Waals surface area contributed by atoms with Gasteiger partial charge >= 0.3 is 0 Å². The first-order valence-corrected chi connectivity index (χ1v) is 10.8. The molecule has 0 aromatic heterocycles. The lowest BCUT2D eigenvalue weighted by Gasteiger charge is -2.24. The Morgan fingerprint density at radius 3 is 2.62 bits per heavy atom. The number of carbonyl (C=O) groups excluding carboxylic acids is 1. The molecule has 0 bridgehead atoms. The van der Waals surface area contributed by atoms with Crippen LogP contribution >= 0.6 is 0 Å².